The van der Waals surface area contributed by atoms with Crippen LogP contribution in [0.4, 0.5) is 0 Å². The summed E-state index contributed by atoms with van der Waals surface area (Å²) in [5, 5.41) is 21.7. The molecule has 0 saturated carbocycles. The van der Waals surface area contributed by atoms with Gasteiger partial charge in [0.25, 0.3) is 10.1 Å². The van der Waals surface area contributed by atoms with E-state index in [9.17, 15) is 13.0 Å². The second-order valence-electron chi connectivity index (χ2n) is 15.4. The summed E-state index contributed by atoms with van der Waals surface area (Å²) in [6.45, 7) is 8.60. The molecule has 0 aromatic heterocycles. The molecule has 0 spiro atoms. The fourth-order valence-corrected chi connectivity index (χ4v) is 9.39. The molecule has 8 heteroatoms. The minimum atomic E-state index is -4.33. The lowest BCUT2D eigenvalue weighted by Gasteiger charge is -2.18. The average molecular weight is 793 g/mol. The molecule has 0 fully saturated rings. The van der Waals surface area contributed by atoms with Crippen molar-refractivity contribution in [2.45, 2.75) is 68.6 Å². The monoisotopic (exact) mass is 792 g/mol. The van der Waals surface area contributed by atoms with Crippen LogP contribution in [0.25, 0.3) is 43.1 Å². The molecule has 0 unspecified atom stereocenters. The first kappa shape index (κ1) is 38.8. The second kappa shape index (κ2) is 16.1. The summed E-state index contributed by atoms with van der Waals surface area (Å²) < 4.78 is 38.7. The molecular formula is C49H44O6S2. The molecule has 8 aromatic rings. The zero-order chi connectivity index (χ0) is 39.8. The van der Waals surface area contributed by atoms with Crippen LogP contribution in [0.1, 0.15) is 84.0 Å². The van der Waals surface area contributed by atoms with E-state index in [2.05, 4.69) is 142 Å². The minimum absolute atomic E-state index is 0.0901. The molecular weight excluding hydrogens is 749 g/mol. The Morgan fingerprint density at radius 1 is 0.491 bits per heavy atom. The van der Waals surface area contributed by atoms with Crippen molar-refractivity contribution in [2.24, 2.45) is 0 Å². The fraction of sp³-hybridized carbons (Fsp3) is 0.184. The Hall–Kier alpha value is -5.06. The Bertz CT molecular complexity index is 2920. The molecule has 2 N–H and O–H groups in total. The van der Waals surface area contributed by atoms with Gasteiger partial charge < -0.3 is 0 Å². The van der Waals surface area contributed by atoms with Crippen molar-refractivity contribution in [3.05, 3.63) is 178 Å². The Balaban J connectivity index is 1.14. The molecule has 0 bridgehead atoms. The highest BCUT2D eigenvalue weighted by Crippen LogP contribution is 2.37. The molecule has 288 valence electrons. The number of benzene rings is 8. The molecule has 0 atom stereocenters. The van der Waals surface area contributed by atoms with Crippen molar-refractivity contribution in [1.82, 2.24) is 0 Å². The van der Waals surface area contributed by atoms with E-state index < -0.39 is 10.1 Å². The first-order valence-corrected chi connectivity index (χ1v) is 21.4. The van der Waals surface area contributed by atoms with E-state index in [1.54, 1.807) is 6.07 Å². The smallest absolute Gasteiger partial charge is 0.282 e. The molecule has 6 nitrogen and oxygen atoms in total. The van der Waals surface area contributed by atoms with Crippen LogP contribution in [-0.4, -0.2) is 18.2 Å². The summed E-state index contributed by atoms with van der Waals surface area (Å²) in [6, 6.07) is 46.2. The highest BCUT2D eigenvalue weighted by Gasteiger charge is 2.18. The van der Waals surface area contributed by atoms with Crippen LogP contribution in [0.3, 0.4) is 0 Å². The molecule has 0 aliphatic heterocycles. The van der Waals surface area contributed by atoms with Gasteiger partial charge in [-0.1, -0.05) is 142 Å². The molecule has 0 heterocycles. The van der Waals surface area contributed by atoms with Gasteiger partial charge in [-0.25, -0.2) is 5.26 Å². The van der Waals surface area contributed by atoms with Gasteiger partial charge in [-0.3, -0.25) is 4.55 Å². The van der Waals surface area contributed by atoms with Crippen LogP contribution in [0.5, 0.6) is 0 Å². The maximum absolute atomic E-state index is 12.1. The van der Waals surface area contributed by atoms with E-state index in [1.165, 1.54) is 66.4 Å². The lowest BCUT2D eigenvalue weighted by Crippen LogP contribution is -2.01. The van der Waals surface area contributed by atoms with Crippen molar-refractivity contribution < 1.29 is 27.6 Å². The van der Waals surface area contributed by atoms with Crippen molar-refractivity contribution in [3.8, 4) is 0 Å². The van der Waals surface area contributed by atoms with E-state index in [0.717, 1.165) is 57.1 Å². The van der Waals surface area contributed by atoms with Crippen LogP contribution < -0.4 is 0 Å². The standard InChI is InChI=1S/C49H44O6S2/c1-30(2)40-21-18-37(48-28-38(56-55-54-50)19-23-47(40)48)27-35-16-15-33(43-10-7-8-12-45(35)43)25-32-13-14-34(44-11-6-5-9-42(32)44)26-36-17-22-41(31(3)4)49-29-39(57(51,52)53)20-24-46(36)49/h5-24,28-31,50H,25-27H2,1-4H3,(H,51,52,53). The lowest BCUT2D eigenvalue weighted by atomic mass is 9.87. The SMILES string of the molecule is CC(C)c1ccc(Cc2ccc(Cc3ccc(Cc4ccc(C(C)C)c5cc(S(=O)(=O)O)ccc45)c4ccccc34)c3ccccc23)c2cc(SOOO)ccc12. The molecule has 0 radical (unpaired) electrons. The summed E-state index contributed by atoms with van der Waals surface area (Å²) >= 11 is 0.976. The zero-order valence-corrected chi connectivity index (χ0v) is 34.0. The first-order chi connectivity index (χ1) is 27.5. The van der Waals surface area contributed by atoms with Gasteiger partial charge in [-0.05, 0) is 143 Å². The van der Waals surface area contributed by atoms with Crippen molar-refractivity contribution in [1.29, 1.82) is 0 Å². The van der Waals surface area contributed by atoms with E-state index in [0.29, 0.717) is 12.3 Å². The van der Waals surface area contributed by atoms with Gasteiger partial charge in [0.2, 0.25) is 0 Å². The third-order valence-corrected chi connectivity index (χ3v) is 12.7. The fourth-order valence-electron chi connectivity index (χ4n) is 8.48. The normalized spacial score (nSPS) is 12.2. The molecule has 0 amide bonds. The Labute approximate surface area is 337 Å². The molecule has 0 aliphatic carbocycles. The molecule has 57 heavy (non-hydrogen) atoms. The number of rotatable bonds is 12. The van der Waals surface area contributed by atoms with Crippen LogP contribution in [0.15, 0.2) is 143 Å². The maximum atomic E-state index is 12.1. The predicted octanol–water partition coefficient (Wildman–Crippen LogP) is 13.0. The zero-order valence-electron chi connectivity index (χ0n) is 32.3. The third-order valence-electron chi connectivity index (χ3n) is 11.3. The minimum Gasteiger partial charge on any atom is -0.282 e. The van der Waals surface area contributed by atoms with Crippen LogP contribution >= 0.6 is 12.0 Å². The highest BCUT2D eigenvalue weighted by molar-refractivity contribution is 7.94. The second-order valence-corrected chi connectivity index (χ2v) is 17.6. The summed E-state index contributed by atoms with van der Waals surface area (Å²) in [5.74, 6) is 0.545. The molecule has 8 aromatic carbocycles. The van der Waals surface area contributed by atoms with Gasteiger partial charge in [-0.2, -0.15) is 8.42 Å². The van der Waals surface area contributed by atoms with Gasteiger partial charge >= 0.3 is 0 Å². The summed E-state index contributed by atoms with van der Waals surface area (Å²) in [5.41, 5.74) is 9.60. The van der Waals surface area contributed by atoms with Gasteiger partial charge in [0.15, 0.2) is 0 Å². The van der Waals surface area contributed by atoms with Crippen LogP contribution in [0.2, 0.25) is 0 Å². The summed E-state index contributed by atoms with van der Waals surface area (Å²) in [4.78, 5) is 0.747. The van der Waals surface area contributed by atoms with E-state index >= 15 is 0 Å². The first-order valence-electron chi connectivity index (χ1n) is 19.2. The van der Waals surface area contributed by atoms with Crippen molar-refractivity contribution >= 4 is 65.3 Å². The summed E-state index contributed by atoms with van der Waals surface area (Å²) in [6.07, 6.45) is 2.20. The predicted molar refractivity (Wildman–Crippen MR) is 233 cm³/mol. The quantitative estimate of drug-likeness (QED) is 0.0551. The third kappa shape index (κ3) is 7.82. The molecule has 0 aliphatic rings. The summed E-state index contributed by atoms with van der Waals surface area (Å²) in [7, 11) is -4.33. The maximum Gasteiger partial charge on any atom is 0.294 e. The lowest BCUT2D eigenvalue weighted by molar-refractivity contribution is -0.432. The van der Waals surface area contributed by atoms with E-state index in [4.69, 9.17) is 9.59 Å². The number of fused-ring (bicyclic) bond motifs is 4. The molecule has 0 saturated heterocycles. The van der Waals surface area contributed by atoms with Crippen molar-refractivity contribution in [3.63, 3.8) is 0 Å². The Kier molecular flexibility index (Phi) is 10.9. The topological polar surface area (TPSA) is 93.1 Å². The van der Waals surface area contributed by atoms with Gasteiger partial charge in [0.1, 0.15) is 0 Å². The number of hydrogen-bond acceptors (Lipinski definition) is 6. The van der Waals surface area contributed by atoms with E-state index in [1.807, 2.05) is 12.1 Å². The average Bonchev–Trinajstić information content (AvgIpc) is 3.21. The van der Waals surface area contributed by atoms with Crippen LogP contribution in [-0.2, 0) is 38.8 Å². The largest absolute Gasteiger partial charge is 0.294 e. The Morgan fingerprint density at radius 3 is 1.33 bits per heavy atom. The van der Waals surface area contributed by atoms with Gasteiger partial charge in [0.05, 0.1) is 16.9 Å². The van der Waals surface area contributed by atoms with Gasteiger partial charge in [0, 0.05) is 4.90 Å². The van der Waals surface area contributed by atoms with Gasteiger partial charge in [-0.15, -0.1) is 4.33 Å². The number of hydrogen-bond donors (Lipinski definition) is 2. The molecule has 8 rings (SSSR count). The Morgan fingerprint density at radius 2 is 0.895 bits per heavy atom. The van der Waals surface area contributed by atoms with Crippen LogP contribution in [0, 0.1) is 0 Å². The van der Waals surface area contributed by atoms with Crippen molar-refractivity contribution in [2.75, 3.05) is 0 Å². The van der Waals surface area contributed by atoms with E-state index in [-0.39, 0.29) is 10.8 Å². The highest BCUT2D eigenvalue weighted by atomic mass is 32.2.